The molecule has 3 heterocycles. The molecule has 2 aliphatic heterocycles. The lowest BCUT2D eigenvalue weighted by atomic mass is 9.96. The molecular formula is C22H26ClN3O4S. The number of halogens is 1. The number of fused-ring (bicyclic) bond motifs is 1. The average Bonchev–Trinajstić information content (AvgIpc) is 3.37. The molecule has 2 N–H and O–H groups in total. The third kappa shape index (κ3) is 4.78. The van der Waals surface area contributed by atoms with Crippen LogP contribution in [-0.4, -0.2) is 62.7 Å². The predicted molar refractivity (Wildman–Crippen MR) is 121 cm³/mol. The summed E-state index contributed by atoms with van der Waals surface area (Å²) >= 11 is 7.13. The smallest absolute Gasteiger partial charge is 0.262 e. The van der Waals surface area contributed by atoms with Crippen LogP contribution in [0.2, 0.25) is 4.34 Å². The van der Waals surface area contributed by atoms with Crippen LogP contribution in [0.15, 0.2) is 30.3 Å². The minimum atomic E-state index is -1.12. The highest BCUT2D eigenvalue weighted by Gasteiger charge is 2.44. The molecule has 31 heavy (non-hydrogen) atoms. The van der Waals surface area contributed by atoms with Crippen LogP contribution >= 0.6 is 22.9 Å². The first-order chi connectivity index (χ1) is 14.9. The van der Waals surface area contributed by atoms with Gasteiger partial charge in [-0.05, 0) is 48.9 Å². The first kappa shape index (κ1) is 22.2. The zero-order valence-electron chi connectivity index (χ0n) is 17.6. The second-order valence-electron chi connectivity index (χ2n) is 8.05. The molecule has 1 saturated heterocycles. The van der Waals surface area contributed by atoms with Gasteiger partial charge in [-0.25, -0.2) is 0 Å². The third-order valence-corrected chi connectivity index (χ3v) is 7.11. The highest BCUT2D eigenvalue weighted by molar-refractivity contribution is 7.18. The first-order valence-corrected chi connectivity index (χ1v) is 11.4. The lowest BCUT2D eigenvalue weighted by Crippen LogP contribution is -2.57. The number of carbonyl (C=O) groups is 2. The van der Waals surface area contributed by atoms with Crippen molar-refractivity contribution in [2.75, 3.05) is 45.8 Å². The van der Waals surface area contributed by atoms with Crippen LogP contribution in [0, 0.1) is 0 Å². The molecule has 2 aliphatic rings. The fraction of sp³-hybridized carbons (Fsp3) is 0.455. The number of nitrogens with one attached hydrogen (secondary N) is 2. The van der Waals surface area contributed by atoms with Gasteiger partial charge in [-0.15, -0.1) is 11.3 Å². The van der Waals surface area contributed by atoms with Gasteiger partial charge in [-0.3, -0.25) is 9.59 Å². The Labute approximate surface area is 190 Å². The Morgan fingerprint density at radius 2 is 2.16 bits per heavy atom. The zero-order valence-corrected chi connectivity index (χ0v) is 19.1. The van der Waals surface area contributed by atoms with Crippen LogP contribution in [0.1, 0.15) is 33.3 Å². The van der Waals surface area contributed by atoms with E-state index in [0.717, 1.165) is 30.6 Å². The van der Waals surface area contributed by atoms with Crippen molar-refractivity contribution >= 4 is 40.4 Å². The number of anilines is 1. The summed E-state index contributed by atoms with van der Waals surface area (Å²) in [5.74, 6) is -0.611. The van der Waals surface area contributed by atoms with E-state index in [0.29, 0.717) is 27.9 Å². The molecule has 0 aliphatic carbocycles. The lowest BCUT2D eigenvalue weighted by Gasteiger charge is -2.27. The highest BCUT2D eigenvalue weighted by atomic mass is 35.5. The minimum Gasteiger partial charge on any atom is -0.378 e. The van der Waals surface area contributed by atoms with Crippen molar-refractivity contribution in [3.05, 3.63) is 50.7 Å². The quantitative estimate of drug-likeness (QED) is 0.712. The van der Waals surface area contributed by atoms with Gasteiger partial charge in [-0.1, -0.05) is 17.7 Å². The Morgan fingerprint density at radius 1 is 1.32 bits per heavy atom. The normalized spacial score (nSPS) is 23.8. The molecule has 0 spiro atoms. The van der Waals surface area contributed by atoms with Gasteiger partial charge >= 0.3 is 0 Å². The molecule has 1 fully saturated rings. The number of hydrogen-bond acceptors (Lipinski definition) is 6. The summed E-state index contributed by atoms with van der Waals surface area (Å²) in [4.78, 5) is 28.6. The van der Waals surface area contributed by atoms with Gasteiger partial charge in [-0.2, -0.15) is 0 Å². The van der Waals surface area contributed by atoms with Gasteiger partial charge in [0, 0.05) is 38.9 Å². The molecule has 2 amide bonds. The number of amides is 2. The summed E-state index contributed by atoms with van der Waals surface area (Å²) in [7, 11) is 3.80. The number of hydrogen-bond donors (Lipinski definition) is 2. The maximum absolute atomic E-state index is 13.3. The highest BCUT2D eigenvalue weighted by Crippen LogP contribution is 2.30. The van der Waals surface area contributed by atoms with E-state index in [9.17, 15) is 9.59 Å². The van der Waals surface area contributed by atoms with Crippen LogP contribution in [0.3, 0.4) is 0 Å². The molecule has 2 atom stereocenters. The molecule has 7 nitrogen and oxygen atoms in total. The van der Waals surface area contributed by atoms with E-state index in [2.05, 4.69) is 22.6 Å². The van der Waals surface area contributed by atoms with Gasteiger partial charge in [0.15, 0.2) is 0 Å². The number of benzene rings is 1. The molecule has 166 valence electrons. The van der Waals surface area contributed by atoms with E-state index >= 15 is 0 Å². The van der Waals surface area contributed by atoms with E-state index in [4.69, 9.17) is 21.1 Å². The molecule has 2 aromatic rings. The summed E-state index contributed by atoms with van der Waals surface area (Å²) in [5.41, 5.74) is 1.88. The van der Waals surface area contributed by atoms with Crippen molar-refractivity contribution in [3.63, 3.8) is 0 Å². The van der Waals surface area contributed by atoms with Gasteiger partial charge in [0.1, 0.15) is 5.54 Å². The van der Waals surface area contributed by atoms with E-state index in [1.54, 1.807) is 19.2 Å². The maximum atomic E-state index is 13.3. The number of carbonyl (C=O) groups excluding carboxylic acids is 2. The van der Waals surface area contributed by atoms with Crippen molar-refractivity contribution in [2.24, 2.45) is 0 Å². The average molecular weight is 464 g/mol. The molecule has 0 saturated carbocycles. The number of rotatable bonds is 5. The number of likely N-dealkylation sites (N-methyl/N-ethyl adjacent to an activating group) is 1. The molecule has 0 radical (unpaired) electrons. The predicted octanol–water partition coefficient (Wildman–Crippen LogP) is 3.10. The maximum Gasteiger partial charge on any atom is 0.262 e. The topological polar surface area (TPSA) is 79.9 Å². The molecule has 9 heteroatoms. The van der Waals surface area contributed by atoms with E-state index < -0.39 is 5.54 Å². The van der Waals surface area contributed by atoms with E-state index in [1.165, 1.54) is 11.3 Å². The molecule has 4 rings (SSSR count). The molecule has 1 aromatic carbocycles. The molecule has 1 aromatic heterocycles. The summed E-state index contributed by atoms with van der Waals surface area (Å²) in [6.07, 6.45) is 1.28. The van der Waals surface area contributed by atoms with Gasteiger partial charge < -0.3 is 25.0 Å². The van der Waals surface area contributed by atoms with Crippen molar-refractivity contribution in [1.29, 1.82) is 0 Å². The Balaban J connectivity index is 1.52. The SMILES string of the molecule is COC1CN(C)CCc2cc(NC(=O)C3(NC(=O)c4ccc(Cl)s4)CCOC3)ccc21. The Morgan fingerprint density at radius 3 is 2.84 bits per heavy atom. The van der Waals surface area contributed by atoms with Crippen molar-refractivity contribution in [2.45, 2.75) is 24.5 Å². The van der Waals surface area contributed by atoms with Gasteiger partial charge in [0.25, 0.3) is 11.8 Å². The molecular weight excluding hydrogens is 438 g/mol. The summed E-state index contributed by atoms with van der Waals surface area (Å²) < 4.78 is 11.7. The van der Waals surface area contributed by atoms with Crippen molar-refractivity contribution < 1.29 is 19.1 Å². The van der Waals surface area contributed by atoms with Crippen molar-refractivity contribution in [3.8, 4) is 0 Å². The number of methoxy groups -OCH3 is 1. The molecule has 2 unspecified atom stereocenters. The Kier molecular flexibility index (Phi) is 6.64. The second-order valence-corrected chi connectivity index (χ2v) is 9.76. The number of thiophene rings is 1. The monoisotopic (exact) mass is 463 g/mol. The van der Waals surface area contributed by atoms with Crippen LogP contribution in [0.25, 0.3) is 0 Å². The fourth-order valence-corrected chi connectivity index (χ4v) is 5.00. The van der Waals surface area contributed by atoms with Crippen LogP contribution in [-0.2, 0) is 20.7 Å². The number of nitrogens with zero attached hydrogens (tertiary/aromatic N) is 1. The van der Waals surface area contributed by atoms with Crippen LogP contribution in [0.4, 0.5) is 5.69 Å². The number of ether oxygens (including phenoxy) is 2. The molecule has 0 bridgehead atoms. The Bertz CT molecular complexity index is 973. The van der Waals surface area contributed by atoms with Gasteiger partial charge in [0.2, 0.25) is 0 Å². The summed E-state index contributed by atoms with van der Waals surface area (Å²) in [5, 5.41) is 5.88. The first-order valence-electron chi connectivity index (χ1n) is 10.2. The van der Waals surface area contributed by atoms with Gasteiger partial charge in [0.05, 0.1) is 21.9 Å². The third-order valence-electron chi connectivity index (χ3n) is 5.88. The summed E-state index contributed by atoms with van der Waals surface area (Å²) in [6, 6.07) is 9.22. The van der Waals surface area contributed by atoms with Crippen LogP contribution < -0.4 is 10.6 Å². The second kappa shape index (κ2) is 9.26. The fourth-order valence-electron chi connectivity index (χ4n) is 4.07. The lowest BCUT2D eigenvalue weighted by molar-refractivity contribution is -0.122. The summed E-state index contributed by atoms with van der Waals surface area (Å²) in [6.45, 7) is 2.28. The minimum absolute atomic E-state index is 0.00117. The van der Waals surface area contributed by atoms with Crippen molar-refractivity contribution in [1.82, 2.24) is 10.2 Å². The zero-order chi connectivity index (χ0) is 22.0. The Hall–Kier alpha value is -1.97. The van der Waals surface area contributed by atoms with E-state index in [-0.39, 0.29) is 24.5 Å². The van der Waals surface area contributed by atoms with Crippen LogP contribution in [0.5, 0.6) is 0 Å². The standard InChI is InChI=1S/C22H26ClN3O4S/c1-26-9-7-14-11-15(3-4-16(14)17(12-26)29-2)24-21(28)22(8-10-30-13-22)25-20(27)18-5-6-19(23)31-18/h3-6,11,17H,7-10,12-13H2,1-2H3,(H,24,28)(H,25,27). The van der Waals surface area contributed by atoms with E-state index in [1.807, 2.05) is 18.2 Å². The largest absolute Gasteiger partial charge is 0.378 e.